The molecule has 0 radical (unpaired) electrons. The fraction of sp³-hybridized carbons (Fsp3) is 0.667. The third kappa shape index (κ3) is 7.63. The second-order valence-corrected chi connectivity index (χ2v) is 9.50. The van der Waals surface area contributed by atoms with Crippen LogP contribution in [-0.2, 0) is 13.8 Å². The molecule has 0 spiro atoms. The Morgan fingerprint density at radius 2 is 1.83 bits per heavy atom. The molecular formula is C15H18F6N5O7PS. The summed E-state index contributed by atoms with van der Waals surface area (Å²) in [6.07, 6.45) is -15.7. The molecule has 0 amide bonds. The van der Waals surface area contributed by atoms with E-state index in [0.29, 0.717) is 11.8 Å². The number of ether oxygens (including phenoxy) is 1. The number of fused-ring (bicyclic) bond motifs is 1. The van der Waals surface area contributed by atoms with Crippen LogP contribution < -0.4 is 5.32 Å². The summed E-state index contributed by atoms with van der Waals surface area (Å²) in [5.41, 5.74) is -0.485. The maximum atomic E-state index is 12.7. The zero-order valence-electron chi connectivity index (χ0n) is 17.1. The summed E-state index contributed by atoms with van der Waals surface area (Å²) in [4.78, 5) is 29.3. The van der Waals surface area contributed by atoms with Crippen molar-refractivity contribution in [3.63, 3.8) is 0 Å². The second-order valence-electron chi connectivity index (χ2n) is 7.19. The Morgan fingerprint density at radius 3 is 2.43 bits per heavy atom. The van der Waals surface area contributed by atoms with Crippen molar-refractivity contribution in [1.82, 2.24) is 19.5 Å². The monoisotopic (exact) mass is 557 g/mol. The van der Waals surface area contributed by atoms with Crippen LogP contribution in [0.1, 0.15) is 12.6 Å². The van der Waals surface area contributed by atoms with Crippen LogP contribution in [-0.4, -0.2) is 89.1 Å². The number of anilines is 1. The van der Waals surface area contributed by atoms with Gasteiger partial charge in [-0.05, 0) is 0 Å². The van der Waals surface area contributed by atoms with E-state index in [1.165, 1.54) is 0 Å². The fourth-order valence-corrected chi connectivity index (χ4v) is 4.14. The quantitative estimate of drug-likeness (QED) is 0.131. The summed E-state index contributed by atoms with van der Waals surface area (Å²) < 4.78 is 97.1. The molecule has 1 aliphatic rings. The number of imidazole rings is 1. The van der Waals surface area contributed by atoms with Crippen molar-refractivity contribution in [3.05, 3.63) is 6.33 Å². The van der Waals surface area contributed by atoms with Crippen molar-refractivity contribution >= 4 is 36.6 Å². The van der Waals surface area contributed by atoms with E-state index in [-0.39, 0.29) is 16.3 Å². The van der Waals surface area contributed by atoms with Crippen LogP contribution in [0.5, 0.6) is 0 Å². The molecule has 0 aliphatic carbocycles. The molecule has 0 saturated carbocycles. The molecule has 1 fully saturated rings. The van der Waals surface area contributed by atoms with Gasteiger partial charge in [0, 0.05) is 5.75 Å². The summed E-state index contributed by atoms with van der Waals surface area (Å²) in [5.74, 6) is -0.986. The average Bonchev–Trinajstić information content (AvgIpc) is 3.24. The number of nitrogens with one attached hydrogen (secondary N) is 1. The van der Waals surface area contributed by atoms with Gasteiger partial charge < -0.3 is 30.1 Å². The number of rotatable bonds is 9. The average molecular weight is 557 g/mol. The van der Waals surface area contributed by atoms with E-state index in [1.807, 2.05) is 5.32 Å². The lowest BCUT2D eigenvalue weighted by atomic mass is 10.1. The summed E-state index contributed by atoms with van der Waals surface area (Å²) >= 11 is 0.513. The van der Waals surface area contributed by atoms with Crippen molar-refractivity contribution < 1.29 is 60.2 Å². The largest absolute Gasteiger partial charge is 0.469 e. The number of hydrogen-bond donors (Lipinski definition) is 5. The molecule has 2 unspecified atom stereocenters. The first kappa shape index (κ1) is 27.9. The third-order valence-electron chi connectivity index (χ3n) is 4.49. The third-order valence-corrected chi connectivity index (χ3v) is 5.83. The minimum atomic E-state index is -4.94. The molecule has 5 N–H and O–H groups in total. The summed E-state index contributed by atoms with van der Waals surface area (Å²) in [5, 5.41) is 22.2. The van der Waals surface area contributed by atoms with Gasteiger partial charge in [0.25, 0.3) is 0 Å². The first-order valence-corrected chi connectivity index (χ1v) is 12.0. The van der Waals surface area contributed by atoms with E-state index in [9.17, 15) is 41.1 Å². The Bertz CT molecular complexity index is 1080. The molecule has 20 heteroatoms. The lowest BCUT2D eigenvalue weighted by Gasteiger charge is -2.17. The maximum absolute atomic E-state index is 12.7. The molecule has 0 bridgehead atoms. The van der Waals surface area contributed by atoms with Crippen LogP contribution in [0.3, 0.4) is 0 Å². The van der Waals surface area contributed by atoms with E-state index in [4.69, 9.17) is 14.5 Å². The number of hydrogen-bond acceptors (Lipinski definition) is 10. The molecule has 4 atom stereocenters. The van der Waals surface area contributed by atoms with Crippen molar-refractivity contribution in [1.29, 1.82) is 0 Å². The highest BCUT2D eigenvalue weighted by atomic mass is 32.2. The van der Waals surface area contributed by atoms with Gasteiger partial charge in [0.05, 0.1) is 19.4 Å². The minimum absolute atomic E-state index is 0.241. The Kier molecular flexibility index (Phi) is 8.22. The number of alkyl halides is 6. The van der Waals surface area contributed by atoms with Gasteiger partial charge >= 0.3 is 20.2 Å². The number of aromatic nitrogens is 4. The number of nitrogens with zero attached hydrogens (tertiary/aromatic N) is 4. The van der Waals surface area contributed by atoms with Crippen LogP contribution in [0.2, 0.25) is 0 Å². The van der Waals surface area contributed by atoms with E-state index in [2.05, 4.69) is 19.5 Å². The van der Waals surface area contributed by atoms with Gasteiger partial charge in [-0.3, -0.25) is 9.09 Å². The van der Waals surface area contributed by atoms with Crippen molar-refractivity contribution in [3.8, 4) is 0 Å². The Labute approximate surface area is 195 Å². The minimum Gasteiger partial charge on any atom is -0.387 e. The standard InChI is InChI=1S/C15H18F6N5O7PS/c16-14(17,18)1-2-35-13-24-10(22-4-15(19,20)21)7-11(25-13)26(5-23-7)12-9(28)8(27)6(33-12)3-32-34(29,30)31/h5-6,8-9,12,27-28H,1-4H2,(H,22,24,25)(H2,29,30,31)/t6-,8?,9?,12-/m1/s1. The maximum Gasteiger partial charge on any atom is 0.469 e. The van der Waals surface area contributed by atoms with Gasteiger partial charge in [-0.15, -0.1) is 0 Å². The first-order valence-electron chi connectivity index (χ1n) is 9.50. The van der Waals surface area contributed by atoms with Crippen LogP contribution in [0.15, 0.2) is 11.5 Å². The topological polar surface area (TPSA) is 172 Å². The molecule has 12 nitrogen and oxygen atoms in total. The van der Waals surface area contributed by atoms with E-state index in [1.54, 1.807) is 0 Å². The molecule has 3 heterocycles. The lowest BCUT2D eigenvalue weighted by Crippen LogP contribution is -2.33. The molecular weight excluding hydrogens is 539 g/mol. The molecule has 2 aromatic heterocycles. The van der Waals surface area contributed by atoms with Crippen LogP contribution >= 0.6 is 19.6 Å². The highest BCUT2D eigenvalue weighted by Crippen LogP contribution is 2.39. The first-order chi connectivity index (χ1) is 16.0. The van der Waals surface area contributed by atoms with E-state index in [0.717, 1.165) is 10.9 Å². The van der Waals surface area contributed by atoms with Crippen LogP contribution in [0, 0.1) is 0 Å². The predicted octanol–water partition coefficient (Wildman–Crippen LogP) is 1.57. The highest BCUT2D eigenvalue weighted by Gasteiger charge is 2.45. The fourth-order valence-electron chi connectivity index (χ4n) is 2.98. The smallest absolute Gasteiger partial charge is 0.387 e. The summed E-state index contributed by atoms with van der Waals surface area (Å²) in [6, 6.07) is 0. The zero-order valence-corrected chi connectivity index (χ0v) is 18.9. The highest BCUT2D eigenvalue weighted by molar-refractivity contribution is 7.99. The summed E-state index contributed by atoms with van der Waals surface area (Å²) in [6.45, 7) is -2.36. The molecule has 35 heavy (non-hydrogen) atoms. The van der Waals surface area contributed by atoms with E-state index < -0.39 is 75.9 Å². The second kappa shape index (κ2) is 10.3. The van der Waals surface area contributed by atoms with Gasteiger partial charge in [-0.25, -0.2) is 19.5 Å². The Morgan fingerprint density at radius 1 is 1.14 bits per heavy atom. The summed E-state index contributed by atoms with van der Waals surface area (Å²) in [7, 11) is -4.94. The number of halogens is 6. The Balaban J connectivity index is 1.92. The van der Waals surface area contributed by atoms with Gasteiger partial charge in [-0.2, -0.15) is 26.3 Å². The Hall–Kier alpha value is -1.73. The number of thioether (sulfide) groups is 1. The number of aliphatic hydroxyl groups excluding tert-OH is 2. The molecule has 2 aromatic rings. The van der Waals surface area contributed by atoms with E-state index >= 15 is 0 Å². The predicted molar refractivity (Wildman–Crippen MR) is 105 cm³/mol. The SMILES string of the molecule is O=P(O)(O)OC[C@H]1O[C@@H](n2cnc3c(NCC(F)(F)F)nc(SCCC(F)(F)F)nc32)C(O)C1O. The number of phosphoric ester groups is 1. The molecule has 1 aliphatic heterocycles. The van der Waals surface area contributed by atoms with Crippen molar-refractivity contribution in [2.24, 2.45) is 0 Å². The zero-order chi connectivity index (χ0) is 26.2. The number of phosphoric acid groups is 1. The van der Waals surface area contributed by atoms with Gasteiger partial charge in [0.15, 0.2) is 28.4 Å². The van der Waals surface area contributed by atoms with Gasteiger partial charge in [0.2, 0.25) is 0 Å². The van der Waals surface area contributed by atoms with Crippen LogP contribution in [0.25, 0.3) is 11.2 Å². The molecule has 198 valence electrons. The molecule has 0 aromatic carbocycles. The normalized spacial score (nSPS) is 23.8. The van der Waals surface area contributed by atoms with Crippen molar-refractivity contribution in [2.75, 3.05) is 24.2 Å². The molecule has 3 rings (SSSR count). The van der Waals surface area contributed by atoms with Gasteiger partial charge in [-0.1, -0.05) is 11.8 Å². The number of aliphatic hydroxyl groups is 2. The lowest BCUT2D eigenvalue weighted by molar-refractivity contribution is -0.129. The van der Waals surface area contributed by atoms with Gasteiger partial charge in [0.1, 0.15) is 24.9 Å². The van der Waals surface area contributed by atoms with Crippen molar-refractivity contribution in [2.45, 2.75) is 48.5 Å². The van der Waals surface area contributed by atoms with Crippen LogP contribution in [0.4, 0.5) is 32.2 Å². The molecule has 1 saturated heterocycles.